The molecule has 0 amide bonds. The first-order valence-corrected chi connectivity index (χ1v) is 11.8. The summed E-state index contributed by atoms with van der Waals surface area (Å²) in [6, 6.07) is 8.22. The summed E-state index contributed by atoms with van der Waals surface area (Å²) in [7, 11) is -6.26. The predicted octanol–water partition coefficient (Wildman–Crippen LogP) is 3.62. The Kier molecular flexibility index (Phi) is 5.99. The van der Waals surface area contributed by atoms with Gasteiger partial charge in [-0.1, -0.05) is 39.0 Å². The van der Waals surface area contributed by atoms with Crippen molar-refractivity contribution in [3.63, 3.8) is 0 Å². The van der Waals surface area contributed by atoms with Gasteiger partial charge in [-0.2, -0.15) is 0 Å². The second-order valence-electron chi connectivity index (χ2n) is 7.98. The summed E-state index contributed by atoms with van der Waals surface area (Å²) in [5.74, 6) is 0. The number of hydrogen-bond donors (Lipinski definition) is 2. The quantitative estimate of drug-likeness (QED) is 0.767. The fourth-order valence-electron chi connectivity index (χ4n) is 3.08. The zero-order valence-corrected chi connectivity index (χ0v) is 19.0. The van der Waals surface area contributed by atoms with E-state index in [1.165, 1.54) is 13.1 Å². The highest BCUT2D eigenvalue weighted by Gasteiger charge is 2.24. The van der Waals surface area contributed by atoms with Crippen molar-refractivity contribution in [2.75, 3.05) is 11.8 Å². The van der Waals surface area contributed by atoms with Gasteiger partial charge in [0, 0.05) is 0 Å². The van der Waals surface area contributed by atoms with E-state index < -0.39 is 20.0 Å². The van der Waals surface area contributed by atoms with Gasteiger partial charge in [0.05, 0.1) is 15.5 Å². The zero-order valence-electron chi connectivity index (χ0n) is 17.3. The third-order valence-electron chi connectivity index (χ3n) is 4.59. The zero-order chi connectivity index (χ0) is 21.5. The molecule has 0 fully saturated rings. The third-order valence-corrected chi connectivity index (χ3v) is 7.84. The molecule has 28 heavy (non-hydrogen) atoms. The molecule has 0 bridgehead atoms. The Balaban J connectivity index is 2.53. The topological polar surface area (TPSA) is 92.3 Å². The summed E-state index contributed by atoms with van der Waals surface area (Å²) in [6.45, 7) is 11.4. The molecule has 0 radical (unpaired) electrons. The smallest absolute Gasteiger partial charge is 0.262 e. The van der Waals surface area contributed by atoms with Gasteiger partial charge in [0.25, 0.3) is 10.0 Å². The standard InChI is InChI=1S/C20H28N2O4S2/c1-13-8-9-17(12-18(13)27(23,24)21-7)22-28(25,26)19-14(2)10-16(11-15(19)3)20(4,5)6/h8-12,21-22H,1-7H3. The van der Waals surface area contributed by atoms with Gasteiger partial charge in [0.1, 0.15) is 0 Å². The lowest BCUT2D eigenvalue weighted by Gasteiger charge is -2.22. The lowest BCUT2D eigenvalue weighted by Crippen LogP contribution is -2.21. The minimum atomic E-state index is -3.88. The summed E-state index contributed by atoms with van der Waals surface area (Å²) in [6.07, 6.45) is 0. The van der Waals surface area contributed by atoms with Crippen LogP contribution in [0.5, 0.6) is 0 Å². The first kappa shape index (κ1) is 22.4. The SMILES string of the molecule is CNS(=O)(=O)c1cc(NS(=O)(=O)c2c(C)cc(C(C)(C)C)cc2C)ccc1C. The summed E-state index contributed by atoms with van der Waals surface area (Å²) in [4.78, 5) is 0.242. The molecule has 2 aromatic carbocycles. The van der Waals surface area contributed by atoms with Gasteiger partial charge < -0.3 is 0 Å². The molecule has 0 aliphatic rings. The van der Waals surface area contributed by atoms with Gasteiger partial charge in [-0.25, -0.2) is 21.6 Å². The van der Waals surface area contributed by atoms with Gasteiger partial charge in [0.15, 0.2) is 0 Å². The van der Waals surface area contributed by atoms with Crippen molar-refractivity contribution in [1.29, 1.82) is 0 Å². The van der Waals surface area contributed by atoms with Crippen molar-refractivity contribution < 1.29 is 16.8 Å². The van der Waals surface area contributed by atoms with Crippen LogP contribution in [0.3, 0.4) is 0 Å². The Morgan fingerprint density at radius 2 is 1.32 bits per heavy atom. The number of benzene rings is 2. The molecule has 0 spiro atoms. The molecule has 0 saturated heterocycles. The Labute approximate surface area is 168 Å². The van der Waals surface area contributed by atoms with Crippen molar-refractivity contribution in [2.24, 2.45) is 0 Å². The first-order valence-electron chi connectivity index (χ1n) is 8.88. The fourth-order valence-corrected chi connectivity index (χ4v) is 5.58. The minimum absolute atomic E-state index is 0.0340. The van der Waals surface area contributed by atoms with Crippen LogP contribution in [0.4, 0.5) is 5.69 Å². The summed E-state index contributed by atoms with van der Waals surface area (Å²) < 4.78 is 55.2. The first-order chi connectivity index (χ1) is 12.7. The molecule has 2 rings (SSSR count). The fraction of sp³-hybridized carbons (Fsp3) is 0.400. The Morgan fingerprint density at radius 3 is 1.79 bits per heavy atom. The Morgan fingerprint density at radius 1 is 0.786 bits per heavy atom. The molecule has 8 heteroatoms. The van der Waals surface area contributed by atoms with Crippen LogP contribution >= 0.6 is 0 Å². The highest BCUT2D eigenvalue weighted by molar-refractivity contribution is 7.92. The van der Waals surface area contributed by atoms with E-state index in [0.29, 0.717) is 16.7 Å². The third kappa shape index (κ3) is 4.56. The molecule has 0 saturated carbocycles. The van der Waals surface area contributed by atoms with Gasteiger partial charge in [-0.15, -0.1) is 0 Å². The van der Waals surface area contributed by atoms with Gasteiger partial charge in [-0.3, -0.25) is 4.72 Å². The average Bonchev–Trinajstić information content (AvgIpc) is 2.54. The van der Waals surface area contributed by atoms with Crippen LogP contribution in [0.1, 0.15) is 43.0 Å². The molecule has 154 valence electrons. The summed E-state index contributed by atoms with van der Waals surface area (Å²) in [5, 5.41) is 0. The van der Waals surface area contributed by atoms with E-state index in [-0.39, 0.29) is 20.9 Å². The van der Waals surface area contributed by atoms with Crippen LogP contribution in [-0.4, -0.2) is 23.9 Å². The number of hydrogen-bond acceptors (Lipinski definition) is 4. The highest BCUT2D eigenvalue weighted by atomic mass is 32.2. The van der Waals surface area contributed by atoms with E-state index in [4.69, 9.17) is 0 Å². The van der Waals surface area contributed by atoms with E-state index in [0.717, 1.165) is 5.56 Å². The molecule has 0 unspecified atom stereocenters. The Bertz CT molecular complexity index is 1090. The van der Waals surface area contributed by atoms with E-state index >= 15 is 0 Å². The molecule has 6 nitrogen and oxygen atoms in total. The van der Waals surface area contributed by atoms with Crippen LogP contribution in [-0.2, 0) is 25.5 Å². The van der Waals surface area contributed by atoms with Crippen LogP contribution in [0, 0.1) is 20.8 Å². The second-order valence-corrected chi connectivity index (χ2v) is 11.5. The van der Waals surface area contributed by atoms with Crippen molar-refractivity contribution in [3.8, 4) is 0 Å². The van der Waals surface area contributed by atoms with E-state index in [1.807, 2.05) is 12.1 Å². The molecular formula is C20H28N2O4S2. The number of sulfonamides is 2. The molecule has 2 aromatic rings. The Hall–Kier alpha value is -1.90. The molecule has 0 aliphatic heterocycles. The van der Waals surface area contributed by atoms with Gasteiger partial charge in [0.2, 0.25) is 10.0 Å². The maximum absolute atomic E-state index is 13.0. The number of rotatable bonds is 5. The highest BCUT2D eigenvalue weighted by Crippen LogP contribution is 2.30. The lowest BCUT2D eigenvalue weighted by atomic mass is 9.85. The van der Waals surface area contributed by atoms with Crippen molar-refractivity contribution in [1.82, 2.24) is 4.72 Å². The number of anilines is 1. The minimum Gasteiger partial charge on any atom is -0.280 e. The predicted molar refractivity (Wildman–Crippen MR) is 113 cm³/mol. The number of aryl methyl sites for hydroxylation is 3. The molecule has 0 aliphatic carbocycles. The van der Waals surface area contributed by atoms with Crippen LogP contribution in [0.2, 0.25) is 0 Å². The average molecular weight is 425 g/mol. The van der Waals surface area contributed by atoms with Crippen LogP contribution in [0.25, 0.3) is 0 Å². The van der Waals surface area contributed by atoms with Crippen molar-refractivity contribution >= 4 is 25.7 Å². The van der Waals surface area contributed by atoms with E-state index in [9.17, 15) is 16.8 Å². The molecule has 0 heterocycles. The molecule has 2 N–H and O–H groups in total. The normalized spacial score (nSPS) is 12.8. The maximum Gasteiger partial charge on any atom is 0.262 e. The maximum atomic E-state index is 13.0. The van der Waals surface area contributed by atoms with E-state index in [2.05, 4.69) is 30.2 Å². The van der Waals surface area contributed by atoms with Crippen LogP contribution < -0.4 is 9.44 Å². The van der Waals surface area contributed by atoms with Crippen molar-refractivity contribution in [3.05, 3.63) is 52.6 Å². The van der Waals surface area contributed by atoms with Crippen molar-refractivity contribution in [2.45, 2.75) is 56.7 Å². The second kappa shape index (κ2) is 7.50. The largest absolute Gasteiger partial charge is 0.280 e. The summed E-state index contributed by atoms with van der Waals surface area (Å²) >= 11 is 0. The number of nitrogens with one attached hydrogen (secondary N) is 2. The monoisotopic (exact) mass is 424 g/mol. The molecule has 0 aromatic heterocycles. The van der Waals surface area contributed by atoms with Gasteiger partial charge >= 0.3 is 0 Å². The van der Waals surface area contributed by atoms with E-state index in [1.54, 1.807) is 32.9 Å². The van der Waals surface area contributed by atoms with Crippen LogP contribution in [0.15, 0.2) is 40.1 Å². The summed E-state index contributed by atoms with van der Waals surface area (Å²) in [5.41, 5.74) is 2.97. The molecular weight excluding hydrogens is 396 g/mol. The van der Waals surface area contributed by atoms with Gasteiger partial charge in [-0.05, 0) is 67.6 Å². The lowest BCUT2D eigenvalue weighted by molar-refractivity contribution is 0.585. The molecule has 0 atom stereocenters.